The number of hydrogen-bond donors (Lipinski definition) is 1. The molecule has 0 spiro atoms. The Morgan fingerprint density at radius 3 is 2.52 bits per heavy atom. The molecule has 0 atom stereocenters. The highest BCUT2D eigenvalue weighted by Gasteiger charge is 2.33. The lowest BCUT2D eigenvalue weighted by Gasteiger charge is -2.10. The third kappa shape index (κ3) is 3.98. The highest BCUT2D eigenvalue weighted by atomic mass is 19.4. The molecule has 2 N–H and O–H groups in total. The topological polar surface area (TPSA) is 70.3 Å². The lowest BCUT2D eigenvalue weighted by Crippen LogP contribution is -2.11. The quantitative estimate of drug-likeness (QED) is 0.938. The molecular weight excluding hydrogens is 287 g/mol. The van der Waals surface area contributed by atoms with E-state index >= 15 is 0 Å². The second-order valence-corrected chi connectivity index (χ2v) is 3.96. The van der Waals surface area contributed by atoms with Gasteiger partial charge >= 0.3 is 6.18 Å². The highest BCUT2D eigenvalue weighted by Crippen LogP contribution is 2.31. The molecule has 0 saturated carbocycles. The summed E-state index contributed by atoms with van der Waals surface area (Å²) in [5.74, 6) is 0.0181. The summed E-state index contributed by atoms with van der Waals surface area (Å²) in [6, 6.07) is 7.13. The number of nitrogen functional groups attached to an aromatic ring is 1. The molecule has 0 unspecified atom stereocenters. The van der Waals surface area contributed by atoms with Crippen LogP contribution in [0.3, 0.4) is 0 Å². The Morgan fingerprint density at radius 1 is 1.14 bits per heavy atom. The zero-order chi connectivity index (χ0) is 15.5. The minimum atomic E-state index is -4.62. The van der Waals surface area contributed by atoms with E-state index in [2.05, 4.69) is 9.97 Å². The number of halogens is 3. The lowest BCUT2D eigenvalue weighted by atomic mass is 10.3. The molecule has 1 aromatic carbocycles. The fourth-order valence-corrected chi connectivity index (χ4v) is 1.56. The van der Waals surface area contributed by atoms with Crippen molar-refractivity contribution >= 4 is 5.95 Å². The van der Waals surface area contributed by atoms with Crippen LogP contribution in [-0.4, -0.2) is 16.6 Å². The van der Waals surface area contributed by atoms with E-state index in [0.717, 1.165) is 0 Å². The molecule has 0 radical (unpaired) electrons. The molecule has 8 heteroatoms. The number of nitrogens with two attached hydrogens (primary N) is 1. The molecular formula is C13H12F3N3O2. The van der Waals surface area contributed by atoms with Crippen molar-refractivity contribution in [2.75, 3.05) is 12.3 Å². The molecule has 0 aliphatic rings. The van der Waals surface area contributed by atoms with Crippen molar-refractivity contribution in [1.82, 2.24) is 9.97 Å². The van der Waals surface area contributed by atoms with Crippen LogP contribution in [0.1, 0.15) is 12.6 Å². The average molecular weight is 299 g/mol. The zero-order valence-corrected chi connectivity index (χ0v) is 11.0. The van der Waals surface area contributed by atoms with Gasteiger partial charge in [-0.15, -0.1) is 0 Å². The summed E-state index contributed by atoms with van der Waals surface area (Å²) in [4.78, 5) is 6.75. The normalized spacial score (nSPS) is 11.2. The van der Waals surface area contributed by atoms with Crippen LogP contribution in [0.2, 0.25) is 0 Å². The Hall–Kier alpha value is -2.51. The van der Waals surface area contributed by atoms with E-state index in [1.165, 1.54) is 6.07 Å². The predicted octanol–water partition coefficient (Wildman–Crippen LogP) is 3.27. The molecule has 0 saturated heterocycles. The van der Waals surface area contributed by atoms with E-state index < -0.39 is 17.8 Å². The number of aromatic nitrogens is 2. The number of benzene rings is 1. The Bertz CT molecular complexity index is 632. The Balaban J connectivity index is 2.27. The van der Waals surface area contributed by atoms with Crippen LogP contribution in [0.15, 0.2) is 30.3 Å². The van der Waals surface area contributed by atoms with Crippen molar-refractivity contribution in [3.63, 3.8) is 0 Å². The van der Waals surface area contributed by atoms with Gasteiger partial charge in [0.15, 0.2) is 5.69 Å². The number of nitrogens with zero attached hydrogens (tertiary/aromatic N) is 2. The van der Waals surface area contributed by atoms with Gasteiger partial charge in [0.1, 0.15) is 11.5 Å². The van der Waals surface area contributed by atoms with Gasteiger partial charge in [0.25, 0.3) is 0 Å². The van der Waals surface area contributed by atoms with E-state index in [0.29, 0.717) is 18.4 Å². The summed E-state index contributed by atoms with van der Waals surface area (Å²) in [5.41, 5.74) is 4.10. The van der Waals surface area contributed by atoms with Crippen molar-refractivity contribution in [2.45, 2.75) is 13.1 Å². The second-order valence-electron chi connectivity index (χ2n) is 3.96. The molecule has 1 aromatic heterocycles. The van der Waals surface area contributed by atoms with E-state index in [1.807, 2.05) is 6.92 Å². The molecule has 112 valence electrons. The van der Waals surface area contributed by atoms with E-state index in [9.17, 15) is 13.2 Å². The lowest BCUT2D eigenvalue weighted by molar-refractivity contribution is -0.141. The number of rotatable bonds is 4. The molecule has 2 rings (SSSR count). The van der Waals surface area contributed by atoms with Crippen molar-refractivity contribution in [3.05, 3.63) is 36.0 Å². The van der Waals surface area contributed by atoms with Gasteiger partial charge in [0.05, 0.1) is 6.61 Å². The Morgan fingerprint density at radius 2 is 1.86 bits per heavy atom. The highest BCUT2D eigenvalue weighted by molar-refractivity contribution is 5.36. The summed E-state index contributed by atoms with van der Waals surface area (Å²) in [7, 11) is 0. The molecule has 0 amide bonds. The van der Waals surface area contributed by atoms with Crippen molar-refractivity contribution in [2.24, 2.45) is 0 Å². The number of ether oxygens (including phenoxy) is 2. The molecule has 5 nitrogen and oxygen atoms in total. The van der Waals surface area contributed by atoms with Gasteiger partial charge in [-0.25, -0.2) is 4.98 Å². The third-order valence-electron chi connectivity index (χ3n) is 2.35. The predicted molar refractivity (Wildman–Crippen MR) is 69.1 cm³/mol. The average Bonchev–Trinajstić information content (AvgIpc) is 2.38. The van der Waals surface area contributed by atoms with E-state index in [1.54, 1.807) is 18.2 Å². The summed E-state index contributed by atoms with van der Waals surface area (Å²) in [6.07, 6.45) is -4.62. The van der Waals surface area contributed by atoms with Gasteiger partial charge in [-0.05, 0) is 19.1 Å². The van der Waals surface area contributed by atoms with Gasteiger partial charge in [0, 0.05) is 12.1 Å². The smallest absolute Gasteiger partial charge is 0.433 e. The molecule has 0 aliphatic carbocycles. The summed E-state index contributed by atoms with van der Waals surface area (Å²) in [5, 5.41) is 0. The van der Waals surface area contributed by atoms with E-state index in [4.69, 9.17) is 15.2 Å². The maximum atomic E-state index is 12.6. The van der Waals surface area contributed by atoms with Crippen molar-refractivity contribution in [3.8, 4) is 17.4 Å². The molecule has 0 aliphatic heterocycles. The first-order valence-electron chi connectivity index (χ1n) is 6.01. The SMILES string of the molecule is CCOc1cccc(Oc2cc(C(F)(F)F)nc(N)n2)c1. The van der Waals surface area contributed by atoms with Crippen molar-refractivity contribution in [1.29, 1.82) is 0 Å². The number of anilines is 1. The Kier molecular flexibility index (Phi) is 4.15. The van der Waals surface area contributed by atoms with Gasteiger partial charge in [0.2, 0.25) is 11.8 Å². The van der Waals surface area contributed by atoms with Crippen LogP contribution in [0.4, 0.5) is 19.1 Å². The van der Waals surface area contributed by atoms with Gasteiger partial charge in [-0.3, -0.25) is 0 Å². The molecule has 1 heterocycles. The van der Waals surface area contributed by atoms with E-state index in [-0.39, 0.29) is 11.6 Å². The summed E-state index contributed by atoms with van der Waals surface area (Å²) >= 11 is 0. The van der Waals surface area contributed by atoms with Crippen LogP contribution in [0.25, 0.3) is 0 Å². The monoisotopic (exact) mass is 299 g/mol. The number of hydrogen-bond acceptors (Lipinski definition) is 5. The van der Waals surface area contributed by atoms with Gasteiger partial charge in [-0.1, -0.05) is 6.07 Å². The van der Waals surface area contributed by atoms with Crippen molar-refractivity contribution < 1.29 is 22.6 Å². The van der Waals surface area contributed by atoms with Crippen LogP contribution in [0.5, 0.6) is 17.4 Å². The molecule has 2 aromatic rings. The summed E-state index contributed by atoms with van der Waals surface area (Å²) in [6.45, 7) is 2.27. The first kappa shape index (κ1) is 14.9. The van der Waals surface area contributed by atoms with Gasteiger partial charge < -0.3 is 15.2 Å². The maximum absolute atomic E-state index is 12.6. The van der Waals surface area contributed by atoms with Crippen LogP contribution in [-0.2, 0) is 6.18 Å². The molecule has 0 bridgehead atoms. The fraction of sp³-hybridized carbons (Fsp3) is 0.231. The minimum Gasteiger partial charge on any atom is -0.494 e. The van der Waals surface area contributed by atoms with Crippen LogP contribution < -0.4 is 15.2 Å². The summed E-state index contributed by atoms with van der Waals surface area (Å²) < 4.78 is 48.4. The fourth-order valence-electron chi connectivity index (χ4n) is 1.56. The van der Waals surface area contributed by atoms with Gasteiger partial charge in [-0.2, -0.15) is 18.2 Å². The van der Waals surface area contributed by atoms with Crippen LogP contribution in [0, 0.1) is 0 Å². The first-order valence-corrected chi connectivity index (χ1v) is 6.01. The molecule has 21 heavy (non-hydrogen) atoms. The largest absolute Gasteiger partial charge is 0.494 e. The first-order chi connectivity index (χ1) is 9.88. The Labute approximate surface area is 118 Å². The maximum Gasteiger partial charge on any atom is 0.433 e. The number of alkyl halides is 3. The van der Waals surface area contributed by atoms with Crippen LogP contribution >= 0.6 is 0 Å². The molecule has 0 fully saturated rings. The standard InChI is InChI=1S/C13H12F3N3O2/c1-2-20-8-4-3-5-9(6-8)21-11-7-10(13(14,15)16)18-12(17)19-11/h3-7H,2H2,1H3,(H2,17,18,19). The third-order valence-corrected chi connectivity index (χ3v) is 2.35. The minimum absolute atomic E-state index is 0.284. The zero-order valence-electron chi connectivity index (χ0n) is 11.0. The second kappa shape index (κ2) is 5.86.